The van der Waals surface area contributed by atoms with Crippen LogP contribution in [0.2, 0.25) is 0 Å². The first-order valence-electron chi connectivity index (χ1n) is 11.2. The van der Waals surface area contributed by atoms with Crippen molar-refractivity contribution < 1.29 is 18.3 Å². The van der Waals surface area contributed by atoms with Gasteiger partial charge in [0.15, 0.2) is 0 Å². The molecule has 0 saturated carbocycles. The fourth-order valence-electron chi connectivity index (χ4n) is 3.82. The molecule has 0 amide bonds. The van der Waals surface area contributed by atoms with Crippen molar-refractivity contribution in [3.8, 4) is 34.3 Å². The molecular formula is C26H17Br3F2N6O2. The van der Waals surface area contributed by atoms with Crippen LogP contribution >= 0.6 is 47.8 Å². The molecule has 0 bridgehead atoms. The van der Waals surface area contributed by atoms with Crippen LogP contribution in [0.25, 0.3) is 44.3 Å². The predicted octanol–water partition coefficient (Wildman–Crippen LogP) is 7.83. The molecule has 0 fully saturated rings. The topological polar surface area (TPSA) is 102 Å². The van der Waals surface area contributed by atoms with Crippen LogP contribution in [0.5, 0.6) is 11.8 Å². The minimum absolute atomic E-state index is 0.323. The van der Waals surface area contributed by atoms with Crippen molar-refractivity contribution in [2.45, 2.75) is 0 Å². The maximum absolute atomic E-state index is 13.8. The molecule has 2 N–H and O–H groups in total. The average molecular weight is 723 g/mol. The monoisotopic (exact) mass is 720 g/mol. The van der Waals surface area contributed by atoms with Crippen molar-refractivity contribution in [3.05, 3.63) is 79.9 Å². The summed E-state index contributed by atoms with van der Waals surface area (Å²) in [6.07, 6.45) is 3.30. The molecule has 0 aliphatic heterocycles. The van der Waals surface area contributed by atoms with Gasteiger partial charge in [0.1, 0.15) is 22.8 Å². The molecule has 0 atom stereocenters. The summed E-state index contributed by atoms with van der Waals surface area (Å²) >= 11 is 9.73. The zero-order valence-corrected chi connectivity index (χ0v) is 24.9. The zero-order chi connectivity index (χ0) is 27.7. The van der Waals surface area contributed by atoms with Gasteiger partial charge in [-0.25, -0.2) is 18.7 Å². The van der Waals surface area contributed by atoms with E-state index in [9.17, 15) is 8.78 Å². The molecule has 0 spiro atoms. The van der Waals surface area contributed by atoms with Crippen molar-refractivity contribution in [1.82, 2.24) is 30.4 Å². The molecule has 6 rings (SSSR count). The SMILES string of the molecule is COc1ccc(-c2[nH]nc3c(Br)cc(F)c(Br)c23)cn1.COc1ccc(-c2n[nH]c3cc(Br)c(F)cc23)cn1. The van der Waals surface area contributed by atoms with E-state index < -0.39 is 0 Å². The number of hydrogen-bond acceptors (Lipinski definition) is 6. The van der Waals surface area contributed by atoms with Crippen molar-refractivity contribution >= 4 is 69.6 Å². The number of nitrogens with one attached hydrogen (secondary N) is 2. The van der Waals surface area contributed by atoms with Gasteiger partial charge < -0.3 is 9.47 Å². The summed E-state index contributed by atoms with van der Waals surface area (Å²) in [6.45, 7) is 0. The highest BCUT2D eigenvalue weighted by Gasteiger charge is 2.17. The van der Waals surface area contributed by atoms with Gasteiger partial charge in [-0.1, -0.05) is 0 Å². The Morgan fingerprint density at radius 1 is 0.744 bits per heavy atom. The summed E-state index contributed by atoms with van der Waals surface area (Å²) in [5.74, 6) is 0.367. The minimum atomic E-state index is -0.353. The lowest BCUT2D eigenvalue weighted by molar-refractivity contribution is 0.398. The number of pyridine rings is 2. The summed E-state index contributed by atoms with van der Waals surface area (Å²) in [4.78, 5) is 8.26. The third kappa shape index (κ3) is 5.38. The number of hydrogen-bond donors (Lipinski definition) is 2. The Bertz CT molecular complexity index is 1790. The quantitative estimate of drug-likeness (QED) is 0.180. The summed E-state index contributed by atoms with van der Waals surface area (Å²) in [7, 11) is 3.11. The third-order valence-corrected chi connectivity index (χ3v) is 7.72. The highest BCUT2D eigenvalue weighted by atomic mass is 79.9. The number of methoxy groups -OCH3 is 2. The van der Waals surface area contributed by atoms with E-state index in [1.54, 1.807) is 44.8 Å². The van der Waals surface area contributed by atoms with E-state index in [1.165, 1.54) is 12.1 Å². The van der Waals surface area contributed by atoms with E-state index in [2.05, 4.69) is 78.2 Å². The number of aromatic nitrogens is 6. The van der Waals surface area contributed by atoms with Crippen LogP contribution in [0.3, 0.4) is 0 Å². The Hall–Kier alpha value is -3.42. The Morgan fingerprint density at radius 3 is 2.03 bits per heavy atom. The number of nitrogens with zero attached hydrogens (tertiary/aromatic N) is 4. The molecule has 198 valence electrons. The maximum atomic E-state index is 13.8. The van der Waals surface area contributed by atoms with Crippen molar-refractivity contribution in [2.24, 2.45) is 0 Å². The Kier molecular flexibility index (Phi) is 7.91. The molecule has 0 aliphatic carbocycles. The van der Waals surface area contributed by atoms with Gasteiger partial charge in [0.25, 0.3) is 0 Å². The first-order chi connectivity index (χ1) is 18.8. The van der Waals surface area contributed by atoms with E-state index in [0.717, 1.165) is 16.6 Å². The second kappa shape index (κ2) is 11.4. The highest BCUT2D eigenvalue weighted by molar-refractivity contribution is 9.11. The number of H-pyrrole nitrogens is 2. The van der Waals surface area contributed by atoms with Gasteiger partial charge in [0, 0.05) is 50.9 Å². The average Bonchev–Trinajstić information content (AvgIpc) is 3.58. The molecule has 13 heteroatoms. The summed E-state index contributed by atoms with van der Waals surface area (Å²) < 4.78 is 38.9. The lowest BCUT2D eigenvalue weighted by Crippen LogP contribution is -1.88. The van der Waals surface area contributed by atoms with Crippen molar-refractivity contribution in [1.29, 1.82) is 0 Å². The van der Waals surface area contributed by atoms with E-state index in [-0.39, 0.29) is 11.6 Å². The van der Waals surface area contributed by atoms with Gasteiger partial charge in [0.2, 0.25) is 11.8 Å². The van der Waals surface area contributed by atoms with Crippen LogP contribution in [-0.2, 0) is 0 Å². The Morgan fingerprint density at radius 2 is 1.41 bits per heavy atom. The minimum Gasteiger partial charge on any atom is -0.481 e. The number of halogens is 5. The third-order valence-electron chi connectivity index (χ3n) is 5.73. The van der Waals surface area contributed by atoms with Gasteiger partial charge in [-0.2, -0.15) is 10.2 Å². The molecule has 0 aliphatic rings. The van der Waals surface area contributed by atoms with E-state index in [0.29, 0.717) is 52.9 Å². The second-order valence-corrected chi connectivity index (χ2v) is 10.5. The number of fused-ring (bicyclic) bond motifs is 2. The molecule has 0 saturated heterocycles. The van der Waals surface area contributed by atoms with Crippen LogP contribution in [0.4, 0.5) is 8.78 Å². The fraction of sp³-hybridized carbons (Fsp3) is 0.0769. The summed E-state index contributed by atoms with van der Waals surface area (Å²) in [5.41, 5.74) is 4.38. The molecule has 0 unspecified atom stereocenters. The van der Waals surface area contributed by atoms with Crippen molar-refractivity contribution in [3.63, 3.8) is 0 Å². The number of aromatic amines is 2. The molecule has 4 heterocycles. The smallest absolute Gasteiger partial charge is 0.212 e. The number of ether oxygens (including phenoxy) is 2. The molecule has 0 radical (unpaired) electrons. The van der Waals surface area contributed by atoms with Gasteiger partial charge in [-0.3, -0.25) is 10.2 Å². The fourth-order valence-corrected chi connectivity index (χ4v) is 5.15. The van der Waals surface area contributed by atoms with E-state index in [4.69, 9.17) is 9.47 Å². The van der Waals surface area contributed by atoms with Gasteiger partial charge in [-0.05, 0) is 78.1 Å². The molecule has 39 heavy (non-hydrogen) atoms. The van der Waals surface area contributed by atoms with Crippen LogP contribution in [0.15, 0.2) is 68.3 Å². The largest absolute Gasteiger partial charge is 0.481 e. The number of benzene rings is 2. The Balaban J connectivity index is 0.000000158. The van der Waals surface area contributed by atoms with Gasteiger partial charge in [0.05, 0.1) is 34.4 Å². The van der Waals surface area contributed by atoms with E-state index in [1.807, 2.05) is 12.1 Å². The number of rotatable bonds is 4. The molecular weight excluding hydrogens is 706 g/mol. The lowest BCUT2D eigenvalue weighted by atomic mass is 10.1. The normalized spacial score (nSPS) is 10.9. The van der Waals surface area contributed by atoms with Gasteiger partial charge in [-0.15, -0.1) is 0 Å². The lowest BCUT2D eigenvalue weighted by Gasteiger charge is -2.03. The molecule has 4 aromatic heterocycles. The summed E-state index contributed by atoms with van der Waals surface area (Å²) in [5, 5.41) is 15.6. The Labute approximate surface area is 245 Å². The first kappa shape index (κ1) is 27.2. The first-order valence-corrected chi connectivity index (χ1v) is 13.5. The predicted molar refractivity (Wildman–Crippen MR) is 155 cm³/mol. The van der Waals surface area contributed by atoms with Crippen LogP contribution in [-0.4, -0.2) is 44.6 Å². The van der Waals surface area contributed by atoms with Crippen LogP contribution in [0, 0.1) is 11.6 Å². The maximum Gasteiger partial charge on any atom is 0.212 e. The second-order valence-electron chi connectivity index (χ2n) is 8.04. The zero-order valence-electron chi connectivity index (χ0n) is 20.2. The highest BCUT2D eigenvalue weighted by Crippen LogP contribution is 2.37. The van der Waals surface area contributed by atoms with Gasteiger partial charge >= 0.3 is 0 Å². The summed E-state index contributed by atoms with van der Waals surface area (Å²) in [6, 6.07) is 11.6. The van der Waals surface area contributed by atoms with Crippen LogP contribution in [0.1, 0.15) is 0 Å². The van der Waals surface area contributed by atoms with Crippen LogP contribution < -0.4 is 9.47 Å². The van der Waals surface area contributed by atoms with Crippen molar-refractivity contribution in [2.75, 3.05) is 14.2 Å². The molecule has 8 nitrogen and oxygen atoms in total. The standard InChI is InChI=1S/C13H8Br2FN3O.C13H9BrFN3O/c1-20-9-3-2-6(5-17-9)12-10-11(15)8(16)4-7(14)13(10)19-18-12;1-19-12-3-2-7(6-16-12)13-8-4-10(15)9(14)5-11(8)17-18-13/h2-5H,1H3,(H,18,19);2-6H,1H3,(H,17,18). The molecule has 6 aromatic rings. The van der Waals surface area contributed by atoms with E-state index >= 15 is 0 Å². The molecule has 2 aromatic carbocycles.